The molecule has 0 bridgehead atoms. The third-order valence-corrected chi connectivity index (χ3v) is 10.2. The molecule has 0 fully saturated rings. The summed E-state index contributed by atoms with van der Waals surface area (Å²) in [5.41, 5.74) is 0. The number of rotatable bonds is 10. The Kier molecular flexibility index (Phi) is 11.1. The second kappa shape index (κ2) is 14.1. The first-order chi connectivity index (χ1) is 15.4. The van der Waals surface area contributed by atoms with Crippen molar-refractivity contribution < 1.29 is 29.6 Å². The van der Waals surface area contributed by atoms with Crippen LogP contribution in [0, 0.1) is 0 Å². The van der Waals surface area contributed by atoms with Crippen LogP contribution < -0.4 is 50.8 Å². The normalized spacial score (nSPS) is 10.8. The van der Waals surface area contributed by atoms with Crippen LogP contribution in [0.25, 0.3) is 5.32 Å². The van der Waals surface area contributed by atoms with Crippen molar-refractivity contribution >= 4 is 37.1 Å². The molecule has 4 heteroatoms. The van der Waals surface area contributed by atoms with Gasteiger partial charge in [-0.2, -0.15) is 0 Å². The molecule has 0 saturated carbocycles. The molecule has 0 aromatic heterocycles. The number of hydrogen-bond donors (Lipinski definition) is 0. The molecular formula is C28H28NNaP2. The second-order valence-corrected chi connectivity index (χ2v) is 12.0. The maximum Gasteiger partial charge on any atom is 1.00 e. The summed E-state index contributed by atoms with van der Waals surface area (Å²) in [5, 5.41) is 10.7. The summed E-state index contributed by atoms with van der Waals surface area (Å²) in [6, 6.07) is 43.7. The Morgan fingerprint density at radius 2 is 0.656 bits per heavy atom. The molecule has 0 radical (unpaired) electrons. The summed E-state index contributed by atoms with van der Waals surface area (Å²) in [6.45, 7) is 1.84. The Morgan fingerprint density at radius 3 is 0.906 bits per heavy atom. The minimum absolute atomic E-state index is 0. The molecule has 0 spiro atoms. The monoisotopic (exact) mass is 463 g/mol. The SMILES string of the molecule is [Na+].c1ccc(P(CC[N-]CCP(c2ccccc2)c2ccccc2)c2ccccc2)cc1. The molecule has 0 atom stereocenters. The van der Waals surface area contributed by atoms with Gasteiger partial charge in [0.1, 0.15) is 0 Å². The Morgan fingerprint density at radius 1 is 0.406 bits per heavy atom. The van der Waals surface area contributed by atoms with E-state index in [1.807, 2.05) is 0 Å². The zero-order valence-corrected chi connectivity index (χ0v) is 22.5. The van der Waals surface area contributed by atoms with Crippen molar-refractivity contribution in [2.75, 3.05) is 25.4 Å². The first-order valence-corrected chi connectivity index (χ1v) is 13.9. The number of nitrogens with zero attached hydrogens (tertiary/aromatic N) is 1. The minimum atomic E-state index is -0.359. The van der Waals surface area contributed by atoms with E-state index in [0.29, 0.717) is 0 Å². The third kappa shape index (κ3) is 7.36. The van der Waals surface area contributed by atoms with E-state index < -0.39 is 0 Å². The quantitative estimate of drug-likeness (QED) is 0.195. The van der Waals surface area contributed by atoms with Crippen molar-refractivity contribution in [2.45, 2.75) is 0 Å². The van der Waals surface area contributed by atoms with Gasteiger partial charge in [-0.1, -0.05) is 121 Å². The van der Waals surface area contributed by atoms with E-state index in [4.69, 9.17) is 5.32 Å². The predicted octanol–water partition coefficient (Wildman–Crippen LogP) is 2.63. The van der Waals surface area contributed by atoms with Gasteiger partial charge >= 0.3 is 29.6 Å². The third-order valence-electron chi connectivity index (χ3n) is 5.23. The Hall–Kier alpha value is -1.30. The molecule has 0 aliphatic heterocycles. The summed E-state index contributed by atoms with van der Waals surface area (Å²) in [4.78, 5) is 0. The van der Waals surface area contributed by atoms with E-state index in [2.05, 4.69) is 121 Å². The molecule has 0 saturated heterocycles. The predicted molar refractivity (Wildman–Crippen MR) is 141 cm³/mol. The summed E-state index contributed by atoms with van der Waals surface area (Å²) in [6.07, 6.45) is 2.22. The van der Waals surface area contributed by atoms with E-state index >= 15 is 0 Å². The second-order valence-electron chi connectivity index (χ2n) is 7.32. The van der Waals surface area contributed by atoms with Crippen molar-refractivity contribution in [3.8, 4) is 0 Å². The van der Waals surface area contributed by atoms with Crippen LogP contribution in [0.4, 0.5) is 0 Å². The van der Waals surface area contributed by atoms with E-state index in [0.717, 1.165) is 25.4 Å². The van der Waals surface area contributed by atoms with Crippen LogP contribution in [0.1, 0.15) is 0 Å². The van der Waals surface area contributed by atoms with Crippen LogP contribution in [0.5, 0.6) is 0 Å². The van der Waals surface area contributed by atoms with Crippen molar-refractivity contribution in [1.29, 1.82) is 0 Å². The van der Waals surface area contributed by atoms with Crippen molar-refractivity contribution in [2.24, 2.45) is 0 Å². The maximum absolute atomic E-state index is 4.99. The fourth-order valence-corrected chi connectivity index (χ4v) is 8.14. The van der Waals surface area contributed by atoms with Gasteiger partial charge in [0.15, 0.2) is 0 Å². The van der Waals surface area contributed by atoms with Gasteiger partial charge in [-0.05, 0) is 49.4 Å². The maximum atomic E-state index is 4.99. The van der Waals surface area contributed by atoms with Gasteiger partial charge < -0.3 is 5.32 Å². The van der Waals surface area contributed by atoms with E-state index in [-0.39, 0.29) is 45.4 Å². The first kappa shape index (κ1) is 25.3. The smallest absolute Gasteiger partial charge is 0.662 e. The average Bonchev–Trinajstić information content (AvgIpc) is 2.86. The molecule has 0 heterocycles. The van der Waals surface area contributed by atoms with E-state index in [9.17, 15) is 0 Å². The summed E-state index contributed by atoms with van der Waals surface area (Å²) >= 11 is 0. The molecule has 0 aliphatic rings. The van der Waals surface area contributed by atoms with Crippen LogP contribution in [0.15, 0.2) is 121 Å². The number of benzene rings is 4. The Labute approximate surface area is 217 Å². The van der Waals surface area contributed by atoms with Gasteiger partial charge in [0.2, 0.25) is 0 Å². The van der Waals surface area contributed by atoms with Gasteiger partial charge in [-0.15, -0.1) is 13.1 Å². The fourth-order valence-electron chi connectivity index (χ4n) is 3.70. The molecule has 1 nitrogen and oxygen atoms in total. The van der Waals surface area contributed by atoms with Gasteiger partial charge in [-0.25, -0.2) is 0 Å². The van der Waals surface area contributed by atoms with Crippen LogP contribution in [0.2, 0.25) is 0 Å². The molecule has 4 rings (SSSR count). The molecule has 0 N–H and O–H groups in total. The summed E-state index contributed by atoms with van der Waals surface area (Å²) in [5.74, 6) is 0. The van der Waals surface area contributed by atoms with Crippen LogP contribution in [-0.4, -0.2) is 25.4 Å². The minimum Gasteiger partial charge on any atom is -0.662 e. The van der Waals surface area contributed by atoms with Crippen LogP contribution >= 0.6 is 15.8 Å². The average molecular weight is 463 g/mol. The van der Waals surface area contributed by atoms with Gasteiger partial charge in [0.25, 0.3) is 0 Å². The Balaban J connectivity index is 0.00000289. The molecule has 32 heavy (non-hydrogen) atoms. The first-order valence-electron chi connectivity index (χ1n) is 10.8. The van der Waals surface area contributed by atoms with Crippen LogP contribution in [-0.2, 0) is 0 Å². The summed E-state index contributed by atoms with van der Waals surface area (Å²) < 4.78 is 0. The van der Waals surface area contributed by atoms with Gasteiger partial charge in [0.05, 0.1) is 0 Å². The standard InChI is InChI=1S/C28H28NP2.Na/c1-5-13-25(14-6-1)30(26-15-7-2-8-16-26)23-21-29-22-24-31(27-17-9-3-10-18-27)28-19-11-4-12-20-28;/h1-20H,21-24H2;/q-1;+1. The van der Waals surface area contributed by atoms with Gasteiger partial charge in [-0.3, -0.25) is 0 Å². The zero-order valence-electron chi connectivity index (χ0n) is 18.7. The molecular weight excluding hydrogens is 435 g/mol. The van der Waals surface area contributed by atoms with Crippen molar-refractivity contribution in [3.05, 3.63) is 127 Å². The largest absolute Gasteiger partial charge is 1.00 e. The summed E-state index contributed by atoms with van der Waals surface area (Å²) in [7, 11) is -0.718. The Bertz CT molecular complexity index is 850. The van der Waals surface area contributed by atoms with E-state index in [1.165, 1.54) is 21.2 Å². The molecule has 156 valence electrons. The van der Waals surface area contributed by atoms with Crippen molar-refractivity contribution in [1.82, 2.24) is 0 Å². The molecule has 4 aromatic carbocycles. The van der Waals surface area contributed by atoms with Gasteiger partial charge in [0, 0.05) is 0 Å². The fraction of sp³-hybridized carbons (Fsp3) is 0.143. The molecule has 4 aromatic rings. The molecule has 0 aliphatic carbocycles. The van der Waals surface area contributed by atoms with Crippen LogP contribution in [0.3, 0.4) is 0 Å². The molecule has 0 unspecified atom stereocenters. The topological polar surface area (TPSA) is 14.1 Å². The molecule has 0 amide bonds. The number of hydrogen-bond acceptors (Lipinski definition) is 0. The zero-order chi connectivity index (χ0) is 21.1. The van der Waals surface area contributed by atoms with Crippen molar-refractivity contribution in [3.63, 3.8) is 0 Å². The van der Waals surface area contributed by atoms with E-state index in [1.54, 1.807) is 0 Å².